The number of benzene rings is 2. The summed E-state index contributed by atoms with van der Waals surface area (Å²) in [6.07, 6.45) is 3.50. The fourth-order valence-corrected chi connectivity index (χ4v) is 3.98. The van der Waals surface area contributed by atoms with Crippen LogP contribution in [0.4, 0.5) is 5.69 Å². The fourth-order valence-electron chi connectivity index (χ4n) is 3.98. The molecular weight excluding hydrogens is 336 g/mol. The average Bonchev–Trinajstić information content (AvgIpc) is 2.90. The summed E-state index contributed by atoms with van der Waals surface area (Å²) in [5.41, 5.74) is 2.41. The van der Waals surface area contributed by atoms with Gasteiger partial charge < -0.3 is 10.2 Å². The van der Waals surface area contributed by atoms with Crippen molar-refractivity contribution in [3.63, 3.8) is 0 Å². The molecule has 2 aromatic carbocycles. The van der Waals surface area contributed by atoms with E-state index in [0.29, 0.717) is 25.8 Å². The number of likely N-dealkylation sites (N-methyl/N-ethyl adjacent to an activating group) is 1. The number of carbonyl (C=O) groups excluding carboxylic acids is 2. The van der Waals surface area contributed by atoms with E-state index in [0.717, 1.165) is 29.7 Å². The number of rotatable bonds is 8. The van der Waals surface area contributed by atoms with Crippen molar-refractivity contribution in [2.24, 2.45) is 0 Å². The lowest BCUT2D eigenvalue weighted by atomic mass is 9.73. The lowest BCUT2D eigenvalue weighted by molar-refractivity contribution is -0.124. The van der Waals surface area contributed by atoms with E-state index < -0.39 is 5.41 Å². The minimum atomic E-state index is -0.686. The standard InChI is InChI=1S/C23H28N2O2/c1-3-4-16-24-21(26)14-15-23(17-18-10-6-5-7-11-18)19-12-8-9-13-20(19)25(2)22(23)27/h5-13H,3-4,14-17H2,1-2H3,(H,24,26)/t23-/m0/s1. The van der Waals surface area contributed by atoms with E-state index in [9.17, 15) is 9.59 Å². The fraction of sp³-hybridized carbons (Fsp3) is 0.391. The third-order valence-corrected chi connectivity index (χ3v) is 5.48. The second-order valence-corrected chi connectivity index (χ2v) is 7.33. The smallest absolute Gasteiger partial charge is 0.237 e. The predicted molar refractivity (Wildman–Crippen MR) is 109 cm³/mol. The van der Waals surface area contributed by atoms with E-state index in [2.05, 4.69) is 24.4 Å². The van der Waals surface area contributed by atoms with Gasteiger partial charge in [0.1, 0.15) is 0 Å². The minimum absolute atomic E-state index is 0.0238. The van der Waals surface area contributed by atoms with Crippen LogP contribution in [0.2, 0.25) is 0 Å². The van der Waals surface area contributed by atoms with Gasteiger partial charge in [-0.25, -0.2) is 0 Å². The van der Waals surface area contributed by atoms with Crippen LogP contribution < -0.4 is 10.2 Å². The summed E-state index contributed by atoms with van der Waals surface area (Å²) in [7, 11) is 1.83. The van der Waals surface area contributed by atoms with Gasteiger partial charge in [0.2, 0.25) is 11.8 Å². The molecule has 1 atom stereocenters. The molecule has 1 aliphatic heterocycles. The number of unbranched alkanes of at least 4 members (excludes halogenated alkanes) is 1. The molecule has 0 radical (unpaired) electrons. The highest BCUT2D eigenvalue weighted by atomic mass is 16.2. The first-order chi connectivity index (χ1) is 13.1. The van der Waals surface area contributed by atoms with Gasteiger partial charge in [-0.2, -0.15) is 0 Å². The minimum Gasteiger partial charge on any atom is -0.356 e. The van der Waals surface area contributed by atoms with E-state index in [1.54, 1.807) is 4.90 Å². The highest BCUT2D eigenvalue weighted by molar-refractivity contribution is 6.08. The molecule has 0 unspecified atom stereocenters. The van der Waals surface area contributed by atoms with Gasteiger partial charge in [-0.3, -0.25) is 9.59 Å². The lowest BCUT2D eigenvalue weighted by Gasteiger charge is -2.28. The highest BCUT2D eigenvalue weighted by Gasteiger charge is 2.49. The van der Waals surface area contributed by atoms with Gasteiger partial charge in [0.25, 0.3) is 0 Å². The monoisotopic (exact) mass is 364 g/mol. The molecule has 2 aromatic rings. The van der Waals surface area contributed by atoms with Crippen LogP contribution in [-0.4, -0.2) is 25.4 Å². The van der Waals surface area contributed by atoms with E-state index >= 15 is 0 Å². The molecule has 0 spiro atoms. The Hall–Kier alpha value is -2.62. The van der Waals surface area contributed by atoms with Crippen molar-refractivity contribution >= 4 is 17.5 Å². The first-order valence-corrected chi connectivity index (χ1v) is 9.77. The van der Waals surface area contributed by atoms with Crippen molar-refractivity contribution in [3.8, 4) is 0 Å². The van der Waals surface area contributed by atoms with Gasteiger partial charge >= 0.3 is 0 Å². The predicted octanol–water partition coefficient (Wildman–Crippen LogP) is 3.84. The molecule has 0 aliphatic carbocycles. The van der Waals surface area contributed by atoms with E-state index in [-0.39, 0.29) is 11.8 Å². The van der Waals surface area contributed by atoms with E-state index in [1.165, 1.54) is 0 Å². The molecule has 1 aliphatic rings. The molecule has 142 valence electrons. The molecule has 1 heterocycles. The summed E-state index contributed by atoms with van der Waals surface area (Å²) in [4.78, 5) is 27.4. The van der Waals surface area contributed by atoms with Crippen molar-refractivity contribution in [1.29, 1.82) is 0 Å². The lowest BCUT2D eigenvalue weighted by Crippen LogP contribution is -2.41. The molecule has 4 nitrogen and oxygen atoms in total. The van der Waals surface area contributed by atoms with Crippen LogP contribution in [0.25, 0.3) is 0 Å². The van der Waals surface area contributed by atoms with Crippen molar-refractivity contribution in [1.82, 2.24) is 5.32 Å². The van der Waals surface area contributed by atoms with Gasteiger partial charge in [0, 0.05) is 25.7 Å². The van der Waals surface area contributed by atoms with Gasteiger partial charge in [-0.15, -0.1) is 0 Å². The summed E-state index contributed by atoms with van der Waals surface area (Å²) in [6.45, 7) is 2.80. The van der Waals surface area contributed by atoms with Crippen LogP contribution in [0.1, 0.15) is 43.7 Å². The summed E-state index contributed by atoms with van der Waals surface area (Å²) in [6, 6.07) is 18.0. The number of anilines is 1. The molecule has 1 N–H and O–H groups in total. The number of carbonyl (C=O) groups is 2. The Morgan fingerprint density at radius 1 is 1.07 bits per heavy atom. The Labute approximate surface area is 161 Å². The van der Waals surface area contributed by atoms with Crippen LogP contribution in [0.15, 0.2) is 54.6 Å². The van der Waals surface area contributed by atoms with E-state index in [1.807, 2.05) is 49.5 Å². The molecular formula is C23H28N2O2. The number of para-hydroxylation sites is 1. The Balaban J connectivity index is 1.89. The summed E-state index contributed by atoms with van der Waals surface area (Å²) >= 11 is 0. The molecule has 0 saturated carbocycles. The number of amides is 2. The number of hydrogen-bond acceptors (Lipinski definition) is 2. The van der Waals surface area contributed by atoms with Gasteiger partial charge in [-0.05, 0) is 36.5 Å². The van der Waals surface area contributed by atoms with E-state index in [4.69, 9.17) is 0 Å². The molecule has 2 amide bonds. The average molecular weight is 364 g/mol. The Kier molecular flexibility index (Phi) is 5.94. The zero-order chi connectivity index (χ0) is 19.3. The largest absolute Gasteiger partial charge is 0.356 e. The molecule has 0 fully saturated rings. The van der Waals surface area contributed by atoms with Crippen molar-refractivity contribution in [2.45, 2.75) is 44.4 Å². The zero-order valence-corrected chi connectivity index (χ0v) is 16.2. The van der Waals surface area contributed by atoms with Gasteiger partial charge in [0.05, 0.1) is 5.41 Å². The molecule has 27 heavy (non-hydrogen) atoms. The van der Waals surface area contributed by atoms with Crippen LogP contribution in [0.5, 0.6) is 0 Å². The first-order valence-electron chi connectivity index (χ1n) is 9.77. The van der Waals surface area contributed by atoms with Gasteiger partial charge in [-0.1, -0.05) is 61.9 Å². The topological polar surface area (TPSA) is 49.4 Å². The van der Waals surface area contributed by atoms with Crippen LogP contribution >= 0.6 is 0 Å². The Morgan fingerprint density at radius 3 is 2.52 bits per heavy atom. The molecule has 0 saturated heterocycles. The molecule has 4 heteroatoms. The third-order valence-electron chi connectivity index (χ3n) is 5.48. The second-order valence-electron chi connectivity index (χ2n) is 7.33. The quantitative estimate of drug-likeness (QED) is 0.724. The van der Waals surface area contributed by atoms with Crippen molar-refractivity contribution < 1.29 is 9.59 Å². The molecule has 0 aromatic heterocycles. The maximum absolute atomic E-state index is 13.4. The Bertz CT molecular complexity index is 803. The summed E-state index contributed by atoms with van der Waals surface area (Å²) in [5.74, 6) is 0.102. The Morgan fingerprint density at radius 2 is 1.78 bits per heavy atom. The third kappa shape index (κ3) is 3.90. The number of nitrogens with zero attached hydrogens (tertiary/aromatic N) is 1. The number of nitrogens with one attached hydrogen (secondary N) is 1. The van der Waals surface area contributed by atoms with Crippen LogP contribution in [0, 0.1) is 0 Å². The first kappa shape index (κ1) is 19.2. The highest BCUT2D eigenvalue weighted by Crippen LogP contribution is 2.46. The molecule has 0 bridgehead atoms. The SMILES string of the molecule is CCCCNC(=O)CC[C@@]1(Cc2ccccc2)C(=O)N(C)c2ccccc21. The molecule has 3 rings (SSSR count). The summed E-state index contributed by atoms with van der Waals surface area (Å²) in [5, 5.41) is 2.97. The van der Waals surface area contributed by atoms with Crippen LogP contribution in [0.3, 0.4) is 0 Å². The zero-order valence-electron chi connectivity index (χ0n) is 16.2. The maximum atomic E-state index is 13.4. The van der Waals surface area contributed by atoms with Crippen LogP contribution in [-0.2, 0) is 21.4 Å². The van der Waals surface area contributed by atoms with Crippen molar-refractivity contribution in [2.75, 3.05) is 18.5 Å². The maximum Gasteiger partial charge on any atom is 0.237 e. The number of hydrogen-bond donors (Lipinski definition) is 1. The second kappa shape index (κ2) is 8.38. The number of fused-ring (bicyclic) bond motifs is 1. The summed E-state index contributed by atoms with van der Waals surface area (Å²) < 4.78 is 0. The van der Waals surface area contributed by atoms with Crippen molar-refractivity contribution in [3.05, 3.63) is 65.7 Å². The van der Waals surface area contributed by atoms with Gasteiger partial charge in [0.15, 0.2) is 0 Å². The normalized spacial score (nSPS) is 18.4.